The number of pyridine rings is 1. The summed E-state index contributed by atoms with van der Waals surface area (Å²) in [5, 5.41) is 25.8. The first-order valence-electron chi connectivity index (χ1n) is 16.3. The number of amides is 1. The van der Waals surface area contributed by atoms with Crippen molar-refractivity contribution < 1.29 is 23.1 Å². The predicted molar refractivity (Wildman–Crippen MR) is 183 cm³/mol. The monoisotopic (exact) mass is 671 g/mol. The minimum Gasteiger partial charge on any atom is -0.465 e. The summed E-state index contributed by atoms with van der Waals surface area (Å²) in [6.45, 7) is 0.212. The Morgan fingerprint density at radius 2 is 1.46 bits per heavy atom. The molecule has 10 heteroatoms. The average molecular weight is 672 g/mol. The van der Waals surface area contributed by atoms with Gasteiger partial charge in [0.25, 0.3) is 0 Å². The lowest BCUT2D eigenvalue weighted by atomic mass is 9.77. The van der Waals surface area contributed by atoms with Crippen molar-refractivity contribution in [3.8, 4) is 17.2 Å². The van der Waals surface area contributed by atoms with Crippen LogP contribution in [0.4, 0.5) is 18.0 Å². The van der Waals surface area contributed by atoms with E-state index in [0.717, 1.165) is 11.1 Å². The van der Waals surface area contributed by atoms with Gasteiger partial charge in [-0.2, -0.15) is 23.5 Å². The van der Waals surface area contributed by atoms with E-state index in [2.05, 4.69) is 21.5 Å². The number of aryl methyl sites for hydroxylation is 1. The Hall–Kier alpha value is -5.95. The smallest absolute Gasteiger partial charge is 0.435 e. The third-order valence-electron chi connectivity index (χ3n) is 9.47. The van der Waals surface area contributed by atoms with Crippen molar-refractivity contribution >= 4 is 17.1 Å². The van der Waals surface area contributed by atoms with Gasteiger partial charge in [-0.25, -0.2) is 14.5 Å². The molecule has 0 radical (unpaired) electrons. The molecule has 2 N–H and O–H groups in total. The molecular weight excluding hydrogens is 639 g/mol. The topological polar surface area (TPSA) is 104 Å². The average Bonchev–Trinajstić information content (AvgIpc) is 3.84. The molecule has 1 aliphatic carbocycles. The maximum Gasteiger partial charge on any atom is 0.435 e. The lowest BCUT2D eigenvalue weighted by Crippen LogP contribution is -2.39. The highest BCUT2D eigenvalue weighted by molar-refractivity contribution is 5.96. The van der Waals surface area contributed by atoms with Crippen LogP contribution < -0.4 is 5.32 Å². The van der Waals surface area contributed by atoms with Crippen LogP contribution in [-0.2, 0) is 23.6 Å². The second kappa shape index (κ2) is 12.8. The van der Waals surface area contributed by atoms with E-state index in [4.69, 9.17) is 5.11 Å². The van der Waals surface area contributed by atoms with Gasteiger partial charge < -0.3 is 10.4 Å². The number of fused-ring (bicyclic) bond motifs is 1. The Morgan fingerprint density at radius 3 is 1.96 bits per heavy atom. The van der Waals surface area contributed by atoms with Gasteiger partial charge in [0.1, 0.15) is 5.54 Å². The second-order valence-electron chi connectivity index (χ2n) is 12.6. The van der Waals surface area contributed by atoms with E-state index < -0.39 is 28.9 Å². The van der Waals surface area contributed by atoms with Crippen molar-refractivity contribution in [2.75, 3.05) is 6.54 Å². The number of hydrogen-bond acceptors (Lipinski definition) is 4. The fourth-order valence-corrected chi connectivity index (χ4v) is 6.97. The van der Waals surface area contributed by atoms with E-state index in [1.165, 1.54) is 10.9 Å². The Morgan fingerprint density at radius 1 is 0.880 bits per heavy atom. The number of carboxylic acid groups (broad SMARTS) is 1. The lowest BCUT2D eigenvalue weighted by molar-refractivity contribution is -0.140. The van der Waals surface area contributed by atoms with E-state index in [9.17, 15) is 10.1 Å². The molecule has 1 saturated carbocycles. The number of hydrogen-bond donors (Lipinski definition) is 2. The number of nitrogens with one attached hydrogen (secondary N) is 1. The Kier molecular flexibility index (Phi) is 8.36. The summed E-state index contributed by atoms with van der Waals surface area (Å²) in [5.41, 5.74) is 1.35. The van der Waals surface area contributed by atoms with Crippen LogP contribution in [-0.4, -0.2) is 32.5 Å². The summed E-state index contributed by atoms with van der Waals surface area (Å²) < 4.78 is 47.3. The van der Waals surface area contributed by atoms with Gasteiger partial charge in [0.05, 0.1) is 16.9 Å². The maximum atomic E-state index is 15.3. The molecule has 0 unspecified atom stereocenters. The van der Waals surface area contributed by atoms with E-state index in [1.54, 1.807) is 12.1 Å². The highest BCUT2D eigenvalue weighted by Gasteiger charge is 2.47. The van der Waals surface area contributed by atoms with Crippen molar-refractivity contribution in [1.29, 1.82) is 5.26 Å². The van der Waals surface area contributed by atoms with Crippen LogP contribution in [0.1, 0.15) is 52.8 Å². The van der Waals surface area contributed by atoms with Gasteiger partial charge in [-0.15, -0.1) is 0 Å². The number of alkyl halides is 3. The molecule has 4 aromatic carbocycles. The third-order valence-corrected chi connectivity index (χ3v) is 9.47. The molecule has 7 rings (SSSR count). The SMILES string of the molecule is N#CC1(c2cc(CCCNC(=O)O)cc(-c3ccnc4c3c(C(F)(F)F)nn4C(c3ccccc3)(c3ccccc3)c3ccccc3)c2)CC1. The fourth-order valence-electron chi connectivity index (χ4n) is 6.97. The fraction of sp³-hybridized carbons (Fsp3) is 0.200. The molecule has 2 heterocycles. The molecule has 1 aliphatic rings. The zero-order valence-corrected chi connectivity index (χ0v) is 26.9. The summed E-state index contributed by atoms with van der Waals surface area (Å²) >= 11 is 0. The molecule has 50 heavy (non-hydrogen) atoms. The summed E-state index contributed by atoms with van der Waals surface area (Å²) in [4.78, 5) is 15.6. The summed E-state index contributed by atoms with van der Waals surface area (Å²) in [6, 6.07) is 37.5. The quantitative estimate of drug-likeness (QED) is 0.112. The van der Waals surface area contributed by atoms with Crippen molar-refractivity contribution in [3.05, 3.63) is 155 Å². The minimum atomic E-state index is -4.84. The van der Waals surface area contributed by atoms with Gasteiger partial charge >= 0.3 is 12.3 Å². The molecule has 1 amide bonds. The third kappa shape index (κ3) is 5.75. The van der Waals surface area contributed by atoms with Gasteiger partial charge in [-0.1, -0.05) is 103 Å². The second-order valence-corrected chi connectivity index (χ2v) is 12.6. The van der Waals surface area contributed by atoms with E-state index >= 15 is 13.2 Å². The molecule has 1 fully saturated rings. The van der Waals surface area contributed by atoms with Gasteiger partial charge in [0.2, 0.25) is 0 Å². The van der Waals surface area contributed by atoms with Crippen molar-refractivity contribution in [2.45, 2.75) is 42.8 Å². The zero-order chi connectivity index (χ0) is 34.9. The first-order chi connectivity index (χ1) is 24.2. The molecule has 0 spiro atoms. The number of carbonyl (C=O) groups is 1. The van der Waals surface area contributed by atoms with Gasteiger partial charge in [-0.3, -0.25) is 0 Å². The van der Waals surface area contributed by atoms with E-state index in [1.807, 2.05) is 103 Å². The van der Waals surface area contributed by atoms with E-state index in [0.29, 0.717) is 47.9 Å². The molecule has 250 valence electrons. The zero-order valence-electron chi connectivity index (χ0n) is 26.9. The van der Waals surface area contributed by atoms with Crippen molar-refractivity contribution in [2.24, 2.45) is 0 Å². The molecule has 2 aromatic heterocycles. The number of rotatable bonds is 10. The first kappa shape index (κ1) is 32.6. The Balaban J connectivity index is 1.53. The summed E-state index contributed by atoms with van der Waals surface area (Å²) in [5.74, 6) is 0. The van der Waals surface area contributed by atoms with Crippen LogP contribution in [0.3, 0.4) is 0 Å². The molecule has 0 atom stereocenters. The van der Waals surface area contributed by atoms with Crippen LogP contribution in [0.5, 0.6) is 0 Å². The van der Waals surface area contributed by atoms with Crippen molar-refractivity contribution in [1.82, 2.24) is 20.1 Å². The molecule has 7 nitrogen and oxygen atoms in total. The Labute approximate surface area is 286 Å². The number of nitrogens with zero attached hydrogens (tertiary/aromatic N) is 4. The summed E-state index contributed by atoms with van der Waals surface area (Å²) in [6.07, 6.45) is -2.24. The molecule has 0 bridgehead atoms. The lowest BCUT2D eigenvalue weighted by Gasteiger charge is -2.36. The minimum absolute atomic E-state index is 0.0467. The normalized spacial score (nSPS) is 13.9. The maximum absolute atomic E-state index is 15.3. The molecule has 6 aromatic rings. The van der Waals surface area contributed by atoms with Crippen molar-refractivity contribution in [3.63, 3.8) is 0 Å². The number of aromatic nitrogens is 3. The highest BCUT2D eigenvalue weighted by Crippen LogP contribution is 2.50. The standard InChI is InChI=1S/C40H32F3N5O2/c41-40(42,43)35-34-33(28-23-27(11-10-21-46-37(49)50)24-32(25-28)38(26-44)19-20-38)18-22-45-36(34)48(47-35)39(29-12-4-1-5-13-29,30-14-6-2-7-15-30)31-16-8-3-9-17-31/h1-9,12-18,22-25,46H,10-11,19-21H2,(H,49,50). The molecular formula is C40H32F3N5O2. The van der Waals surface area contributed by atoms with Gasteiger partial charge in [0, 0.05) is 12.7 Å². The van der Waals surface area contributed by atoms with Gasteiger partial charge in [-0.05, 0) is 76.8 Å². The van der Waals surface area contributed by atoms with Crippen LogP contribution in [0.2, 0.25) is 0 Å². The van der Waals surface area contributed by atoms with Crippen LogP contribution in [0, 0.1) is 11.3 Å². The number of nitriles is 1. The first-order valence-corrected chi connectivity index (χ1v) is 16.3. The summed E-state index contributed by atoms with van der Waals surface area (Å²) in [7, 11) is 0. The van der Waals surface area contributed by atoms with Crippen LogP contribution >= 0.6 is 0 Å². The highest BCUT2D eigenvalue weighted by atomic mass is 19.4. The predicted octanol–water partition coefficient (Wildman–Crippen LogP) is 8.71. The van der Waals surface area contributed by atoms with Gasteiger partial charge in [0.15, 0.2) is 11.3 Å². The molecule has 0 saturated heterocycles. The largest absolute Gasteiger partial charge is 0.465 e. The van der Waals surface area contributed by atoms with Crippen LogP contribution in [0.25, 0.3) is 22.2 Å². The number of benzene rings is 4. The van der Waals surface area contributed by atoms with E-state index in [-0.39, 0.29) is 23.1 Å². The Bertz CT molecular complexity index is 2110. The molecule has 0 aliphatic heterocycles. The van der Waals surface area contributed by atoms with Crippen LogP contribution in [0.15, 0.2) is 121 Å². The number of halogens is 3.